The van der Waals surface area contributed by atoms with Crippen LogP contribution in [0.25, 0.3) is 22.4 Å². The SMILES string of the molecule is CCCCNC(=O)Nc1ccc2ncc(-c3ccccc3)nc2n1. The quantitative estimate of drug-likeness (QED) is 0.703. The number of hydrogen-bond donors (Lipinski definition) is 2. The van der Waals surface area contributed by atoms with Gasteiger partial charge in [-0.15, -0.1) is 0 Å². The Bertz CT molecular complexity index is 835. The molecule has 6 nitrogen and oxygen atoms in total. The minimum Gasteiger partial charge on any atom is -0.338 e. The van der Waals surface area contributed by atoms with E-state index in [1.807, 2.05) is 30.3 Å². The molecule has 0 spiro atoms. The van der Waals surface area contributed by atoms with Crippen molar-refractivity contribution in [2.24, 2.45) is 0 Å². The van der Waals surface area contributed by atoms with Crippen LogP contribution in [-0.4, -0.2) is 27.5 Å². The van der Waals surface area contributed by atoms with Crippen LogP contribution in [0.15, 0.2) is 48.7 Å². The number of aromatic nitrogens is 3. The van der Waals surface area contributed by atoms with Gasteiger partial charge in [-0.2, -0.15) is 0 Å². The van der Waals surface area contributed by atoms with Crippen LogP contribution in [0.2, 0.25) is 0 Å². The monoisotopic (exact) mass is 321 g/mol. The number of carbonyl (C=O) groups excluding carboxylic acids is 1. The zero-order valence-electron chi connectivity index (χ0n) is 13.5. The Kier molecular flexibility index (Phi) is 4.96. The van der Waals surface area contributed by atoms with Gasteiger partial charge in [-0.05, 0) is 18.6 Å². The Morgan fingerprint density at radius 1 is 1.08 bits per heavy atom. The van der Waals surface area contributed by atoms with Gasteiger partial charge in [0.05, 0.1) is 11.9 Å². The molecule has 24 heavy (non-hydrogen) atoms. The first-order valence-electron chi connectivity index (χ1n) is 8.00. The van der Waals surface area contributed by atoms with E-state index in [0.717, 1.165) is 24.1 Å². The third-order valence-corrected chi connectivity index (χ3v) is 3.53. The smallest absolute Gasteiger partial charge is 0.320 e. The number of nitrogens with zero attached hydrogens (tertiary/aromatic N) is 3. The molecule has 0 fully saturated rings. The second-order valence-electron chi connectivity index (χ2n) is 5.39. The maximum absolute atomic E-state index is 11.8. The zero-order valence-corrected chi connectivity index (χ0v) is 13.5. The van der Waals surface area contributed by atoms with Gasteiger partial charge in [-0.1, -0.05) is 43.7 Å². The molecule has 0 atom stereocenters. The summed E-state index contributed by atoms with van der Waals surface area (Å²) in [6, 6.07) is 13.1. The van der Waals surface area contributed by atoms with E-state index in [9.17, 15) is 4.79 Å². The zero-order chi connectivity index (χ0) is 16.8. The van der Waals surface area contributed by atoms with Crippen molar-refractivity contribution in [1.82, 2.24) is 20.3 Å². The van der Waals surface area contributed by atoms with Crippen molar-refractivity contribution < 1.29 is 4.79 Å². The molecule has 0 saturated heterocycles. The molecule has 0 saturated carbocycles. The molecule has 1 aromatic carbocycles. The van der Waals surface area contributed by atoms with Crippen molar-refractivity contribution in [3.05, 3.63) is 48.7 Å². The number of amides is 2. The van der Waals surface area contributed by atoms with Gasteiger partial charge in [0.15, 0.2) is 5.65 Å². The van der Waals surface area contributed by atoms with Crippen LogP contribution in [0.5, 0.6) is 0 Å². The van der Waals surface area contributed by atoms with E-state index in [0.29, 0.717) is 23.5 Å². The molecule has 2 N–H and O–H groups in total. The number of pyridine rings is 1. The summed E-state index contributed by atoms with van der Waals surface area (Å²) in [5.74, 6) is 0.455. The number of nitrogens with one attached hydrogen (secondary N) is 2. The highest BCUT2D eigenvalue weighted by atomic mass is 16.2. The summed E-state index contributed by atoms with van der Waals surface area (Å²) in [5.41, 5.74) is 2.92. The largest absolute Gasteiger partial charge is 0.338 e. The van der Waals surface area contributed by atoms with Crippen LogP contribution >= 0.6 is 0 Å². The highest BCUT2D eigenvalue weighted by molar-refractivity contribution is 5.89. The molecule has 0 radical (unpaired) electrons. The number of unbranched alkanes of at least 4 members (excludes halogenated alkanes) is 1. The van der Waals surface area contributed by atoms with E-state index in [-0.39, 0.29) is 6.03 Å². The van der Waals surface area contributed by atoms with Gasteiger partial charge in [0, 0.05) is 12.1 Å². The predicted molar refractivity (Wildman–Crippen MR) is 94.7 cm³/mol. The molecule has 0 aliphatic carbocycles. The lowest BCUT2D eigenvalue weighted by atomic mass is 10.2. The van der Waals surface area contributed by atoms with Crippen LogP contribution in [0.3, 0.4) is 0 Å². The van der Waals surface area contributed by atoms with E-state index in [4.69, 9.17) is 0 Å². The molecule has 2 amide bonds. The molecule has 0 bridgehead atoms. The van der Waals surface area contributed by atoms with Crippen LogP contribution in [0, 0.1) is 0 Å². The predicted octanol–water partition coefficient (Wildman–Crippen LogP) is 3.61. The second-order valence-corrected chi connectivity index (χ2v) is 5.39. The Labute approximate surface area is 140 Å². The summed E-state index contributed by atoms with van der Waals surface area (Å²) in [6.45, 7) is 2.72. The van der Waals surface area contributed by atoms with Crippen LogP contribution in [0.4, 0.5) is 10.6 Å². The van der Waals surface area contributed by atoms with Gasteiger partial charge in [-0.25, -0.2) is 14.8 Å². The second kappa shape index (κ2) is 7.50. The van der Waals surface area contributed by atoms with Crippen molar-refractivity contribution in [1.29, 1.82) is 0 Å². The molecular formula is C18H19N5O. The maximum atomic E-state index is 11.8. The summed E-state index contributed by atoms with van der Waals surface area (Å²) in [5, 5.41) is 5.51. The van der Waals surface area contributed by atoms with E-state index in [1.54, 1.807) is 18.3 Å². The van der Waals surface area contributed by atoms with Crippen molar-refractivity contribution in [3.8, 4) is 11.3 Å². The Morgan fingerprint density at radius 3 is 2.71 bits per heavy atom. The van der Waals surface area contributed by atoms with Gasteiger partial charge in [0.2, 0.25) is 0 Å². The third-order valence-electron chi connectivity index (χ3n) is 3.53. The molecule has 3 aromatic rings. The molecule has 2 heterocycles. The number of fused-ring (bicyclic) bond motifs is 1. The van der Waals surface area contributed by atoms with Gasteiger partial charge in [0.1, 0.15) is 11.3 Å². The Morgan fingerprint density at radius 2 is 1.92 bits per heavy atom. The standard InChI is InChI=1S/C18H19N5O/c1-2-3-11-19-18(24)23-16-10-9-14-17(22-16)21-15(12-20-14)13-7-5-4-6-8-13/h4-10,12H,2-3,11H2,1H3,(H2,19,21,22,23,24). The lowest BCUT2D eigenvalue weighted by molar-refractivity contribution is 0.252. The van der Waals surface area contributed by atoms with Crippen molar-refractivity contribution in [2.45, 2.75) is 19.8 Å². The maximum Gasteiger partial charge on any atom is 0.320 e. The van der Waals surface area contributed by atoms with E-state index in [2.05, 4.69) is 32.5 Å². The normalized spacial score (nSPS) is 10.5. The summed E-state index contributed by atoms with van der Waals surface area (Å²) in [7, 11) is 0. The summed E-state index contributed by atoms with van der Waals surface area (Å²) >= 11 is 0. The first kappa shape index (κ1) is 15.9. The topological polar surface area (TPSA) is 79.8 Å². The minimum atomic E-state index is -0.262. The lowest BCUT2D eigenvalue weighted by Gasteiger charge is -2.07. The fourth-order valence-corrected chi connectivity index (χ4v) is 2.25. The highest BCUT2D eigenvalue weighted by Crippen LogP contribution is 2.18. The first-order chi connectivity index (χ1) is 11.8. The number of rotatable bonds is 5. The average molecular weight is 321 g/mol. The summed E-state index contributed by atoms with van der Waals surface area (Å²) in [6.07, 6.45) is 3.71. The highest BCUT2D eigenvalue weighted by Gasteiger charge is 2.07. The number of benzene rings is 1. The van der Waals surface area contributed by atoms with Gasteiger partial charge in [0.25, 0.3) is 0 Å². The average Bonchev–Trinajstić information content (AvgIpc) is 2.62. The van der Waals surface area contributed by atoms with Crippen molar-refractivity contribution in [2.75, 3.05) is 11.9 Å². The third kappa shape index (κ3) is 3.84. The van der Waals surface area contributed by atoms with Gasteiger partial charge >= 0.3 is 6.03 Å². The van der Waals surface area contributed by atoms with E-state index in [1.165, 1.54) is 0 Å². The fourth-order valence-electron chi connectivity index (χ4n) is 2.25. The van der Waals surface area contributed by atoms with E-state index < -0.39 is 0 Å². The Hall–Kier alpha value is -3.02. The number of anilines is 1. The van der Waals surface area contributed by atoms with E-state index >= 15 is 0 Å². The van der Waals surface area contributed by atoms with Gasteiger partial charge in [-0.3, -0.25) is 10.3 Å². The molecule has 0 aliphatic heterocycles. The summed E-state index contributed by atoms with van der Waals surface area (Å²) in [4.78, 5) is 25.1. The van der Waals surface area contributed by atoms with Crippen LogP contribution in [0.1, 0.15) is 19.8 Å². The molecule has 0 aliphatic rings. The van der Waals surface area contributed by atoms with Crippen molar-refractivity contribution >= 4 is 23.0 Å². The van der Waals surface area contributed by atoms with Crippen LogP contribution in [-0.2, 0) is 0 Å². The number of carbonyl (C=O) groups is 1. The summed E-state index contributed by atoms with van der Waals surface area (Å²) < 4.78 is 0. The van der Waals surface area contributed by atoms with Gasteiger partial charge < -0.3 is 5.32 Å². The first-order valence-corrected chi connectivity index (χ1v) is 8.00. The Balaban J connectivity index is 1.80. The lowest BCUT2D eigenvalue weighted by Crippen LogP contribution is -2.29. The molecular weight excluding hydrogens is 302 g/mol. The number of urea groups is 1. The minimum absolute atomic E-state index is 0.262. The molecule has 2 aromatic heterocycles. The molecule has 6 heteroatoms. The molecule has 122 valence electrons. The fraction of sp³-hybridized carbons (Fsp3) is 0.222. The molecule has 0 unspecified atom stereocenters. The van der Waals surface area contributed by atoms with Crippen LogP contribution < -0.4 is 10.6 Å². The van der Waals surface area contributed by atoms with Crippen molar-refractivity contribution in [3.63, 3.8) is 0 Å². The molecule has 3 rings (SSSR count). The number of hydrogen-bond acceptors (Lipinski definition) is 4.